The summed E-state index contributed by atoms with van der Waals surface area (Å²) < 4.78 is 33.1. The van der Waals surface area contributed by atoms with E-state index in [2.05, 4.69) is 12.6 Å². The normalized spacial score (nSPS) is 18.7. The predicted octanol–water partition coefficient (Wildman–Crippen LogP) is 4.79. The van der Waals surface area contributed by atoms with Crippen molar-refractivity contribution in [2.24, 2.45) is 0 Å². The minimum absolute atomic E-state index is 0.129. The SMILES string of the molecule is CCC1(CC)C/C(=C\C(=O)S)c2ccc(C(F)(F)P)cc2O1. The Bertz CT molecular complexity index is 619. The molecule has 0 bridgehead atoms. The summed E-state index contributed by atoms with van der Waals surface area (Å²) in [5, 5.41) is -0.357. The second kappa shape index (κ2) is 6.29. The van der Waals surface area contributed by atoms with Crippen LogP contribution in [0.3, 0.4) is 0 Å². The molecule has 0 aromatic heterocycles. The Hall–Kier alpha value is -0.930. The van der Waals surface area contributed by atoms with E-state index < -0.39 is 11.3 Å². The van der Waals surface area contributed by atoms with E-state index in [1.165, 1.54) is 27.4 Å². The van der Waals surface area contributed by atoms with Crippen LogP contribution >= 0.6 is 21.9 Å². The molecule has 1 aromatic rings. The van der Waals surface area contributed by atoms with Crippen molar-refractivity contribution in [1.29, 1.82) is 0 Å². The summed E-state index contributed by atoms with van der Waals surface area (Å²) in [6.07, 6.45) is 3.46. The molecule has 6 heteroatoms. The number of halogens is 2. The van der Waals surface area contributed by atoms with Gasteiger partial charge in [0.05, 0.1) is 0 Å². The van der Waals surface area contributed by atoms with Crippen LogP contribution in [-0.2, 0) is 10.5 Å². The molecule has 1 aliphatic heterocycles. The summed E-state index contributed by atoms with van der Waals surface area (Å²) in [6, 6.07) is 4.30. The molecule has 0 amide bonds. The summed E-state index contributed by atoms with van der Waals surface area (Å²) >= 11 is 3.80. The fourth-order valence-corrected chi connectivity index (χ4v) is 3.05. The molecule has 120 valence electrons. The van der Waals surface area contributed by atoms with E-state index in [0.29, 0.717) is 17.7 Å². The van der Waals surface area contributed by atoms with Crippen LogP contribution in [0.15, 0.2) is 24.3 Å². The molecule has 2 nitrogen and oxygen atoms in total. The first kappa shape index (κ1) is 17.4. The Morgan fingerprint density at radius 1 is 1.45 bits per heavy atom. The van der Waals surface area contributed by atoms with Crippen molar-refractivity contribution < 1.29 is 18.3 Å². The number of carbonyl (C=O) groups excluding carboxylic acids is 1. The highest BCUT2D eigenvalue weighted by molar-refractivity contribution is 7.97. The first-order valence-electron chi connectivity index (χ1n) is 7.15. The zero-order valence-electron chi connectivity index (χ0n) is 12.5. The molecule has 1 aromatic carbocycles. The lowest BCUT2D eigenvalue weighted by Crippen LogP contribution is -2.38. The fraction of sp³-hybridized carbons (Fsp3) is 0.438. The van der Waals surface area contributed by atoms with Gasteiger partial charge in [0.1, 0.15) is 11.4 Å². The van der Waals surface area contributed by atoms with Crippen LogP contribution < -0.4 is 4.74 Å². The summed E-state index contributed by atoms with van der Waals surface area (Å²) in [7, 11) is 1.53. The van der Waals surface area contributed by atoms with E-state index in [-0.39, 0.29) is 10.7 Å². The zero-order chi connectivity index (χ0) is 16.5. The molecule has 2 rings (SSSR count). The van der Waals surface area contributed by atoms with E-state index in [0.717, 1.165) is 18.4 Å². The second-order valence-electron chi connectivity index (χ2n) is 5.51. The van der Waals surface area contributed by atoms with Crippen LogP contribution in [0.1, 0.15) is 44.2 Å². The van der Waals surface area contributed by atoms with E-state index in [4.69, 9.17) is 4.74 Å². The van der Waals surface area contributed by atoms with Gasteiger partial charge in [-0.05, 0) is 30.6 Å². The van der Waals surface area contributed by atoms with Crippen LogP contribution in [0, 0.1) is 0 Å². The monoisotopic (exact) mass is 344 g/mol. The van der Waals surface area contributed by atoms with Crippen molar-refractivity contribution >= 4 is 32.6 Å². The minimum Gasteiger partial charge on any atom is -0.486 e. The topological polar surface area (TPSA) is 26.3 Å². The lowest BCUT2D eigenvalue weighted by molar-refractivity contribution is -0.106. The molecule has 0 saturated heterocycles. The second-order valence-corrected chi connectivity index (χ2v) is 6.68. The van der Waals surface area contributed by atoms with Crippen molar-refractivity contribution in [2.45, 2.75) is 44.4 Å². The average Bonchev–Trinajstić information content (AvgIpc) is 2.44. The van der Waals surface area contributed by atoms with Crippen LogP contribution in [-0.4, -0.2) is 10.7 Å². The lowest BCUT2D eigenvalue weighted by Gasteiger charge is -2.39. The molecular weight excluding hydrogens is 325 g/mol. The summed E-state index contributed by atoms with van der Waals surface area (Å²) in [5.41, 5.74) is -2.16. The molecular formula is C16H19F2O2PS. The van der Waals surface area contributed by atoms with Gasteiger partial charge in [0, 0.05) is 17.5 Å². The molecule has 0 fully saturated rings. The number of benzene rings is 1. The van der Waals surface area contributed by atoms with Crippen molar-refractivity contribution in [2.75, 3.05) is 0 Å². The number of ether oxygens (including phenoxy) is 1. The van der Waals surface area contributed by atoms with E-state index in [1.54, 1.807) is 6.07 Å². The third-order valence-electron chi connectivity index (χ3n) is 4.14. The number of carbonyl (C=O) groups is 1. The maximum absolute atomic E-state index is 13.5. The van der Waals surface area contributed by atoms with Gasteiger partial charge in [0.15, 0.2) is 0 Å². The molecule has 0 N–H and O–H groups in total. The average molecular weight is 344 g/mol. The first-order valence-corrected chi connectivity index (χ1v) is 8.17. The maximum atomic E-state index is 13.5. The highest BCUT2D eigenvalue weighted by Crippen LogP contribution is 2.46. The third kappa shape index (κ3) is 3.52. The van der Waals surface area contributed by atoms with Crippen molar-refractivity contribution in [3.8, 4) is 5.75 Å². The van der Waals surface area contributed by atoms with Crippen molar-refractivity contribution in [3.63, 3.8) is 0 Å². The van der Waals surface area contributed by atoms with Gasteiger partial charge in [-0.1, -0.05) is 35.2 Å². The third-order valence-corrected chi connectivity index (χ3v) is 4.60. The van der Waals surface area contributed by atoms with Gasteiger partial charge >= 0.3 is 0 Å². The summed E-state index contributed by atoms with van der Waals surface area (Å²) in [5.74, 6) is 0.399. The Morgan fingerprint density at radius 3 is 2.59 bits per heavy atom. The Balaban J connectivity index is 2.58. The molecule has 1 aliphatic rings. The van der Waals surface area contributed by atoms with Gasteiger partial charge < -0.3 is 4.74 Å². The number of fused-ring (bicyclic) bond motifs is 1. The van der Waals surface area contributed by atoms with Crippen LogP contribution in [0.4, 0.5) is 8.78 Å². The number of alkyl halides is 2. The summed E-state index contributed by atoms with van der Waals surface area (Å²) in [6.45, 7) is 3.98. The first-order chi connectivity index (χ1) is 10.2. The lowest BCUT2D eigenvalue weighted by atomic mass is 9.83. The highest BCUT2D eigenvalue weighted by Gasteiger charge is 2.37. The van der Waals surface area contributed by atoms with Gasteiger partial charge in [-0.25, -0.2) is 0 Å². The molecule has 1 unspecified atom stereocenters. The molecule has 22 heavy (non-hydrogen) atoms. The molecule has 0 radical (unpaired) electrons. The fourth-order valence-electron chi connectivity index (χ4n) is 2.71. The standard InChI is InChI=1S/C16H19F2O2PS/c1-3-15(4-2)9-10(7-14(19)22)12-6-5-11(16(17,18)21)8-13(12)20-15/h5-8H,3-4,9,21H2,1-2H3,(H,19,22)/b10-7+. The van der Waals surface area contributed by atoms with Gasteiger partial charge in [-0.15, -0.1) is 12.6 Å². The molecule has 0 saturated carbocycles. The number of rotatable bonds is 4. The van der Waals surface area contributed by atoms with Gasteiger partial charge in [-0.2, -0.15) is 8.78 Å². The van der Waals surface area contributed by atoms with Gasteiger partial charge in [0.25, 0.3) is 5.66 Å². The molecule has 0 aliphatic carbocycles. The maximum Gasteiger partial charge on any atom is 0.284 e. The Labute approximate surface area is 136 Å². The summed E-state index contributed by atoms with van der Waals surface area (Å²) in [4.78, 5) is 11.4. The van der Waals surface area contributed by atoms with E-state index in [9.17, 15) is 13.6 Å². The zero-order valence-corrected chi connectivity index (χ0v) is 14.6. The highest BCUT2D eigenvalue weighted by atomic mass is 32.1. The molecule has 1 atom stereocenters. The number of thiol groups is 1. The van der Waals surface area contributed by atoms with E-state index >= 15 is 0 Å². The van der Waals surface area contributed by atoms with Crippen molar-refractivity contribution in [1.82, 2.24) is 0 Å². The van der Waals surface area contributed by atoms with Crippen LogP contribution in [0.2, 0.25) is 0 Å². The van der Waals surface area contributed by atoms with Gasteiger partial charge in [0.2, 0.25) is 5.12 Å². The quantitative estimate of drug-likeness (QED) is 0.483. The smallest absolute Gasteiger partial charge is 0.284 e. The van der Waals surface area contributed by atoms with Crippen molar-refractivity contribution in [3.05, 3.63) is 35.4 Å². The Morgan fingerprint density at radius 2 is 2.09 bits per heavy atom. The Kier molecular flexibility index (Phi) is 4.98. The number of hydrogen-bond acceptors (Lipinski definition) is 2. The van der Waals surface area contributed by atoms with Crippen LogP contribution in [0.5, 0.6) is 5.75 Å². The van der Waals surface area contributed by atoms with Gasteiger partial charge in [-0.3, -0.25) is 4.79 Å². The molecule has 0 spiro atoms. The minimum atomic E-state index is -3.01. The van der Waals surface area contributed by atoms with Crippen LogP contribution in [0.25, 0.3) is 5.57 Å². The number of hydrogen-bond donors (Lipinski definition) is 1. The largest absolute Gasteiger partial charge is 0.486 e. The molecule has 1 heterocycles. The van der Waals surface area contributed by atoms with E-state index in [1.807, 2.05) is 13.8 Å². The predicted molar refractivity (Wildman–Crippen MR) is 90.6 cm³/mol.